The molecule has 0 fully saturated rings. The molecule has 22 heavy (non-hydrogen) atoms. The van der Waals surface area contributed by atoms with Crippen LogP contribution in [0.3, 0.4) is 0 Å². The van der Waals surface area contributed by atoms with E-state index in [2.05, 4.69) is 0 Å². The van der Waals surface area contributed by atoms with Gasteiger partial charge in [-0.3, -0.25) is 0 Å². The van der Waals surface area contributed by atoms with Crippen LogP contribution in [0.2, 0.25) is 0 Å². The highest BCUT2D eigenvalue weighted by Gasteiger charge is 2.01. The third-order valence-electron chi connectivity index (χ3n) is 2.85. The monoisotopic (exact) mass is 302 g/mol. The number of carbonyl (C=O) groups is 2. The number of carboxylic acid groups (broad SMARTS) is 2. The highest BCUT2D eigenvalue weighted by molar-refractivity contribution is 5.88. The minimum Gasteiger partial charge on any atom is -0.478 e. The average Bonchev–Trinajstić information content (AvgIpc) is 2.55. The summed E-state index contributed by atoms with van der Waals surface area (Å²) in [4.78, 5) is 20.8. The molecule has 0 radical (unpaired) electrons. The molecule has 0 amide bonds. The maximum atomic E-state index is 10.4. The molecule has 2 aromatic rings. The molecular weight excluding hydrogens is 284 g/mol. The molecule has 0 aromatic heterocycles. The molecule has 0 saturated heterocycles. The van der Waals surface area contributed by atoms with Crippen molar-refractivity contribution in [2.24, 2.45) is 11.5 Å². The van der Waals surface area contributed by atoms with Gasteiger partial charge in [0.05, 0.1) is 11.1 Å². The van der Waals surface area contributed by atoms with Crippen molar-refractivity contribution < 1.29 is 19.8 Å². The van der Waals surface area contributed by atoms with Gasteiger partial charge in [-0.25, -0.2) is 9.59 Å². The quantitative estimate of drug-likeness (QED) is 0.680. The standard InChI is InChI=1S/2C8H9NO2/c9-5-6-1-3-7(4-2-6)8(10)11;9-5-6-2-1-3-7(4-6)8(10)11/h2*1-4H,5,9H2,(H,10,11). The van der Waals surface area contributed by atoms with Crippen LogP contribution >= 0.6 is 0 Å². The van der Waals surface area contributed by atoms with Gasteiger partial charge in [0, 0.05) is 13.1 Å². The van der Waals surface area contributed by atoms with Gasteiger partial charge in [0.1, 0.15) is 0 Å². The second-order valence-corrected chi connectivity index (χ2v) is 4.42. The van der Waals surface area contributed by atoms with E-state index in [-0.39, 0.29) is 5.56 Å². The van der Waals surface area contributed by atoms with E-state index in [0.717, 1.165) is 11.1 Å². The highest BCUT2D eigenvalue weighted by atomic mass is 16.4. The van der Waals surface area contributed by atoms with Gasteiger partial charge in [0.25, 0.3) is 0 Å². The van der Waals surface area contributed by atoms with Crippen LogP contribution < -0.4 is 11.5 Å². The Morgan fingerprint density at radius 3 is 1.77 bits per heavy atom. The van der Waals surface area contributed by atoms with Crippen LogP contribution in [-0.2, 0) is 13.1 Å². The lowest BCUT2D eigenvalue weighted by Crippen LogP contribution is -2.00. The van der Waals surface area contributed by atoms with E-state index < -0.39 is 11.9 Å². The minimum absolute atomic E-state index is 0.285. The highest BCUT2D eigenvalue weighted by Crippen LogP contribution is 2.04. The predicted octanol–water partition coefficient (Wildman–Crippen LogP) is 1.69. The molecular formula is C16H18N2O4. The van der Waals surface area contributed by atoms with Gasteiger partial charge >= 0.3 is 11.9 Å². The molecule has 6 N–H and O–H groups in total. The van der Waals surface area contributed by atoms with Crippen LogP contribution in [-0.4, -0.2) is 22.2 Å². The summed E-state index contributed by atoms with van der Waals surface area (Å²) in [6, 6.07) is 13.1. The van der Waals surface area contributed by atoms with Gasteiger partial charge in [-0.05, 0) is 35.4 Å². The van der Waals surface area contributed by atoms with E-state index in [9.17, 15) is 9.59 Å². The van der Waals surface area contributed by atoms with E-state index in [1.165, 1.54) is 0 Å². The van der Waals surface area contributed by atoms with Crippen molar-refractivity contribution in [3.05, 3.63) is 70.8 Å². The number of hydrogen-bond donors (Lipinski definition) is 4. The summed E-state index contributed by atoms with van der Waals surface area (Å²) in [6.07, 6.45) is 0. The third kappa shape index (κ3) is 5.35. The van der Waals surface area contributed by atoms with Crippen LogP contribution in [0.4, 0.5) is 0 Å². The van der Waals surface area contributed by atoms with Crippen LogP contribution in [0.25, 0.3) is 0 Å². The van der Waals surface area contributed by atoms with Crippen molar-refractivity contribution in [2.45, 2.75) is 13.1 Å². The number of carboxylic acids is 2. The normalized spacial score (nSPS) is 9.55. The molecule has 2 rings (SSSR count). The average molecular weight is 302 g/mol. The number of nitrogens with two attached hydrogens (primary N) is 2. The minimum atomic E-state index is -0.916. The molecule has 116 valence electrons. The summed E-state index contributed by atoms with van der Waals surface area (Å²) >= 11 is 0. The molecule has 0 unspecified atom stereocenters. The second kappa shape index (κ2) is 8.56. The van der Waals surface area contributed by atoms with Crippen molar-refractivity contribution in [3.63, 3.8) is 0 Å². The summed E-state index contributed by atoms with van der Waals surface area (Å²) in [5, 5.41) is 17.1. The molecule has 0 bridgehead atoms. The topological polar surface area (TPSA) is 127 Å². The largest absolute Gasteiger partial charge is 0.478 e. The summed E-state index contributed by atoms with van der Waals surface area (Å²) in [7, 11) is 0. The molecule has 0 spiro atoms. The molecule has 0 aliphatic rings. The van der Waals surface area contributed by atoms with Crippen LogP contribution in [0.1, 0.15) is 31.8 Å². The fraction of sp³-hybridized carbons (Fsp3) is 0.125. The number of hydrogen-bond acceptors (Lipinski definition) is 4. The van der Waals surface area contributed by atoms with E-state index in [1.54, 1.807) is 48.5 Å². The Morgan fingerprint density at radius 2 is 1.32 bits per heavy atom. The predicted molar refractivity (Wildman–Crippen MR) is 82.6 cm³/mol. The fourth-order valence-corrected chi connectivity index (χ4v) is 1.61. The zero-order valence-electron chi connectivity index (χ0n) is 11.9. The van der Waals surface area contributed by atoms with Gasteiger partial charge in [-0.15, -0.1) is 0 Å². The molecule has 6 heteroatoms. The Hall–Kier alpha value is -2.70. The summed E-state index contributed by atoms with van der Waals surface area (Å²) < 4.78 is 0. The van der Waals surface area contributed by atoms with Gasteiger partial charge in [-0.2, -0.15) is 0 Å². The summed E-state index contributed by atoms with van der Waals surface area (Å²) in [6.45, 7) is 0.820. The smallest absolute Gasteiger partial charge is 0.335 e. The zero-order chi connectivity index (χ0) is 16.5. The number of benzene rings is 2. The maximum Gasteiger partial charge on any atom is 0.335 e. The van der Waals surface area contributed by atoms with Crippen LogP contribution in [0, 0.1) is 0 Å². The lowest BCUT2D eigenvalue weighted by Gasteiger charge is -1.97. The van der Waals surface area contributed by atoms with Crippen molar-refractivity contribution >= 4 is 11.9 Å². The van der Waals surface area contributed by atoms with Crippen LogP contribution in [0.15, 0.2) is 48.5 Å². The summed E-state index contributed by atoms with van der Waals surface area (Å²) in [5.41, 5.74) is 13.0. The Kier molecular flexibility index (Phi) is 6.75. The summed E-state index contributed by atoms with van der Waals surface area (Å²) in [5.74, 6) is -1.83. The molecule has 0 heterocycles. The van der Waals surface area contributed by atoms with E-state index in [0.29, 0.717) is 18.7 Å². The molecule has 6 nitrogen and oxygen atoms in total. The Balaban J connectivity index is 0.000000220. The zero-order valence-corrected chi connectivity index (χ0v) is 11.9. The Labute approximate surface area is 128 Å². The van der Waals surface area contributed by atoms with Crippen molar-refractivity contribution in [1.29, 1.82) is 0 Å². The van der Waals surface area contributed by atoms with Gasteiger partial charge in [0.2, 0.25) is 0 Å². The van der Waals surface area contributed by atoms with Crippen LogP contribution in [0.5, 0.6) is 0 Å². The van der Waals surface area contributed by atoms with Crippen molar-refractivity contribution in [1.82, 2.24) is 0 Å². The lowest BCUT2D eigenvalue weighted by atomic mass is 10.1. The molecule has 2 aromatic carbocycles. The van der Waals surface area contributed by atoms with Gasteiger partial charge in [0.15, 0.2) is 0 Å². The Morgan fingerprint density at radius 1 is 0.773 bits per heavy atom. The van der Waals surface area contributed by atoms with E-state index in [1.807, 2.05) is 0 Å². The number of rotatable bonds is 4. The van der Waals surface area contributed by atoms with E-state index in [4.69, 9.17) is 21.7 Å². The fourth-order valence-electron chi connectivity index (χ4n) is 1.61. The molecule has 0 atom stereocenters. The molecule has 0 saturated carbocycles. The first kappa shape index (κ1) is 17.4. The maximum absolute atomic E-state index is 10.4. The van der Waals surface area contributed by atoms with E-state index >= 15 is 0 Å². The lowest BCUT2D eigenvalue weighted by molar-refractivity contribution is 0.0686. The van der Waals surface area contributed by atoms with Crippen molar-refractivity contribution in [3.8, 4) is 0 Å². The second-order valence-electron chi connectivity index (χ2n) is 4.42. The first-order valence-electron chi connectivity index (χ1n) is 6.52. The van der Waals surface area contributed by atoms with Gasteiger partial charge in [-0.1, -0.05) is 24.3 Å². The van der Waals surface area contributed by atoms with Gasteiger partial charge < -0.3 is 21.7 Å². The first-order valence-corrected chi connectivity index (χ1v) is 6.52. The third-order valence-corrected chi connectivity index (χ3v) is 2.85. The SMILES string of the molecule is NCc1ccc(C(=O)O)cc1.NCc1cccc(C(=O)O)c1. The molecule has 0 aliphatic carbocycles. The molecule has 0 aliphatic heterocycles. The first-order chi connectivity index (χ1) is 10.5. The Bertz CT molecular complexity index is 639. The van der Waals surface area contributed by atoms with Crippen molar-refractivity contribution in [2.75, 3.05) is 0 Å². The number of aromatic carboxylic acids is 2.